The van der Waals surface area contributed by atoms with Gasteiger partial charge in [0, 0.05) is 0 Å². The topological polar surface area (TPSA) is 114 Å². The predicted octanol–water partition coefficient (Wildman–Crippen LogP) is 37.8. The van der Waals surface area contributed by atoms with Crippen molar-refractivity contribution >= 4 is 58.0 Å². The van der Waals surface area contributed by atoms with Crippen LogP contribution in [0, 0.1) is 0 Å². The monoisotopic (exact) mass is 1700 g/mol. The van der Waals surface area contributed by atoms with Gasteiger partial charge in [0.2, 0.25) is 0 Å². The molecule has 0 aromatic heterocycles. The minimum Gasteiger partial charge on any atom is -0.744 e. The summed E-state index contributed by atoms with van der Waals surface area (Å²) < 4.78 is 66.2. The second-order valence-electron chi connectivity index (χ2n) is 37.5. The SMILES string of the molecule is CCCCCCCCCCCCCCCCCCCCCCCCCCCCCCCCCCCCCCCCCCCCCCCCc1ccc(S(=O)(=O)[O-])cc1.CCCCCCCCCCCCCCCCCCCCCCCCCCCCCCCCCCCCCCCCCCCCCCCCc1ccc(S(=O)(=O)[O-])cc1.[Ca+2]. The van der Waals surface area contributed by atoms with Gasteiger partial charge in [0.1, 0.15) is 20.2 Å². The summed E-state index contributed by atoms with van der Waals surface area (Å²) in [5, 5.41) is 0. The number of hydrogen-bond donors (Lipinski definition) is 0. The predicted molar refractivity (Wildman–Crippen MR) is 518 cm³/mol. The van der Waals surface area contributed by atoms with Gasteiger partial charge in [0.15, 0.2) is 0 Å². The summed E-state index contributed by atoms with van der Waals surface area (Å²) in [6, 6.07) is 12.8. The van der Waals surface area contributed by atoms with Crippen LogP contribution in [0.2, 0.25) is 0 Å². The average Bonchev–Trinajstić information content (AvgIpc) is 0.867. The number of unbranched alkanes of at least 4 members (excludes halogenated alkanes) is 90. The van der Waals surface area contributed by atoms with Crippen molar-refractivity contribution in [2.45, 2.75) is 627 Å². The van der Waals surface area contributed by atoms with Gasteiger partial charge in [-0.1, -0.05) is 616 Å². The summed E-state index contributed by atoms with van der Waals surface area (Å²) in [5.74, 6) is 0. The van der Waals surface area contributed by atoms with Crippen LogP contribution in [0.5, 0.6) is 0 Å². The Balaban J connectivity index is 0.00000228. The van der Waals surface area contributed by atoms with Crippen LogP contribution < -0.4 is 0 Å². The largest absolute Gasteiger partial charge is 2.00 e. The molecule has 2 aromatic carbocycles. The van der Waals surface area contributed by atoms with Crippen molar-refractivity contribution in [3.05, 3.63) is 59.7 Å². The molecule has 9 heteroatoms. The van der Waals surface area contributed by atoms with E-state index in [-0.39, 0.29) is 47.5 Å². The van der Waals surface area contributed by atoms with Crippen LogP contribution in [0.25, 0.3) is 0 Å². The first kappa shape index (κ1) is 117. The van der Waals surface area contributed by atoms with Crippen LogP contribution in [0.3, 0.4) is 0 Å². The molecule has 0 aliphatic rings. The molecule has 0 saturated heterocycles. The van der Waals surface area contributed by atoms with Crippen LogP contribution in [0.1, 0.15) is 616 Å². The zero-order valence-corrected chi connectivity index (χ0v) is 82.9. The van der Waals surface area contributed by atoms with Gasteiger partial charge >= 0.3 is 37.7 Å². The first-order valence-electron chi connectivity index (χ1n) is 53.2. The summed E-state index contributed by atoms with van der Waals surface area (Å²) >= 11 is 0. The Labute approximate surface area is 764 Å². The Morgan fingerprint density at radius 3 is 0.325 bits per heavy atom. The fourth-order valence-corrected chi connectivity index (χ4v) is 18.9. The Hall–Kier alpha value is -0.480. The molecule has 0 atom stereocenters. The molecule has 0 bridgehead atoms. The first-order valence-corrected chi connectivity index (χ1v) is 56.0. The third-order valence-electron chi connectivity index (χ3n) is 26.1. The van der Waals surface area contributed by atoms with Gasteiger partial charge < -0.3 is 9.11 Å². The Bertz CT molecular complexity index is 2250. The molecule has 0 unspecified atom stereocenters. The van der Waals surface area contributed by atoms with Gasteiger partial charge in [0.05, 0.1) is 9.79 Å². The Morgan fingerprint density at radius 1 is 0.154 bits per heavy atom. The standard InChI is InChI=1S/2C54H102O3S.Ca/c2*1-2-3-4-5-6-7-8-9-10-11-12-13-14-15-16-17-18-19-20-21-22-23-24-25-26-27-28-29-30-31-32-33-34-35-36-37-38-39-40-41-42-43-44-45-46-47-48-53-49-51-54(52-50-53)58(55,56)57;/h2*49-52H,2-48H2,1H3,(H,55,56,57);/q;;+2/p-2. The number of rotatable bonds is 96. The van der Waals surface area contributed by atoms with Crippen molar-refractivity contribution in [1.29, 1.82) is 0 Å². The summed E-state index contributed by atoms with van der Waals surface area (Å²) in [4.78, 5) is -0.262. The van der Waals surface area contributed by atoms with Gasteiger partial charge in [-0.05, 0) is 61.1 Å². The van der Waals surface area contributed by atoms with Crippen LogP contribution in [0.15, 0.2) is 58.3 Å². The molecular formula is C108H202CaO6S2. The third-order valence-corrected chi connectivity index (χ3v) is 27.8. The minimum atomic E-state index is -4.33. The normalized spacial score (nSPS) is 11.8. The maximum Gasteiger partial charge on any atom is 2.00 e. The van der Waals surface area contributed by atoms with Crippen LogP contribution in [-0.2, 0) is 33.1 Å². The van der Waals surface area contributed by atoms with Crippen molar-refractivity contribution in [3.63, 3.8) is 0 Å². The summed E-state index contributed by atoms with van der Waals surface area (Å²) in [6.07, 6.45) is 135. The van der Waals surface area contributed by atoms with E-state index in [1.165, 1.54) is 602 Å². The molecule has 0 amide bonds. The van der Waals surface area contributed by atoms with E-state index in [1.807, 2.05) is 0 Å². The molecule has 0 radical (unpaired) electrons. The van der Waals surface area contributed by atoms with Crippen molar-refractivity contribution < 1.29 is 25.9 Å². The minimum absolute atomic E-state index is 0. The second-order valence-corrected chi connectivity index (χ2v) is 40.3. The molecule has 684 valence electrons. The van der Waals surface area contributed by atoms with Crippen molar-refractivity contribution in [3.8, 4) is 0 Å². The van der Waals surface area contributed by atoms with E-state index >= 15 is 0 Å². The molecule has 6 nitrogen and oxygen atoms in total. The van der Waals surface area contributed by atoms with Crippen LogP contribution in [0.4, 0.5) is 0 Å². The van der Waals surface area contributed by atoms with Gasteiger partial charge in [-0.3, -0.25) is 0 Å². The Morgan fingerprint density at radius 2 is 0.239 bits per heavy atom. The molecule has 2 rings (SSSR count). The molecule has 0 aliphatic carbocycles. The number of benzene rings is 2. The van der Waals surface area contributed by atoms with E-state index in [0.717, 1.165) is 36.8 Å². The molecule has 2 aromatic rings. The molecular weight excluding hydrogens is 1500 g/mol. The quantitative estimate of drug-likeness (QED) is 0.0370. The summed E-state index contributed by atoms with van der Waals surface area (Å²) in [7, 11) is -8.67. The smallest absolute Gasteiger partial charge is 0.744 e. The third kappa shape index (κ3) is 91.5. The van der Waals surface area contributed by atoms with E-state index in [2.05, 4.69) is 13.8 Å². The Kier molecular flexibility index (Phi) is 95.8. The van der Waals surface area contributed by atoms with Crippen molar-refractivity contribution in [2.24, 2.45) is 0 Å². The second kappa shape index (κ2) is 96.2. The van der Waals surface area contributed by atoms with Crippen LogP contribution >= 0.6 is 0 Å². The number of hydrogen-bond acceptors (Lipinski definition) is 6. The molecule has 0 spiro atoms. The van der Waals surface area contributed by atoms with Crippen molar-refractivity contribution in [2.75, 3.05) is 0 Å². The molecule has 0 fully saturated rings. The van der Waals surface area contributed by atoms with Gasteiger partial charge in [-0.2, -0.15) is 0 Å². The molecule has 0 N–H and O–H groups in total. The first-order chi connectivity index (χ1) is 57.1. The van der Waals surface area contributed by atoms with E-state index in [9.17, 15) is 25.9 Å². The summed E-state index contributed by atoms with van der Waals surface area (Å²) in [6.45, 7) is 4.62. The fraction of sp³-hybridized carbons (Fsp3) is 0.889. The molecule has 117 heavy (non-hydrogen) atoms. The fourth-order valence-electron chi connectivity index (χ4n) is 18.0. The van der Waals surface area contributed by atoms with E-state index in [0.29, 0.717) is 0 Å². The van der Waals surface area contributed by atoms with E-state index in [4.69, 9.17) is 0 Å². The number of aryl methyl sites for hydroxylation is 2. The van der Waals surface area contributed by atoms with Gasteiger partial charge in [0.25, 0.3) is 0 Å². The van der Waals surface area contributed by atoms with Gasteiger partial charge in [-0.25, -0.2) is 16.8 Å². The van der Waals surface area contributed by atoms with Crippen LogP contribution in [-0.4, -0.2) is 63.7 Å². The summed E-state index contributed by atoms with van der Waals surface area (Å²) in [5.41, 5.74) is 2.23. The van der Waals surface area contributed by atoms with E-state index < -0.39 is 20.2 Å². The van der Waals surface area contributed by atoms with Crippen molar-refractivity contribution in [1.82, 2.24) is 0 Å². The zero-order chi connectivity index (χ0) is 83.4. The van der Waals surface area contributed by atoms with E-state index in [1.54, 1.807) is 24.3 Å². The molecule has 0 aliphatic heterocycles. The maximum absolute atomic E-state index is 11.0. The maximum atomic E-state index is 11.0. The molecule has 0 heterocycles. The zero-order valence-electron chi connectivity index (χ0n) is 79.1. The molecule has 0 saturated carbocycles. The average molecular weight is 1700 g/mol. The van der Waals surface area contributed by atoms with Gasteiger partial charge in [-0.15, -0.1) is 0 Å².